The van der Waals surface area contributed by atoms with Gasteiger partial charge in [-0.25, -0.2) is 4.98 Å². The first-order valence-electron chi connectivity index (χ1n) is 25.4. The average molecular weight is 1130 g/mol. The average Bonchev–Trinajstić information content (AvgIpc) is 3.92. The Morgan fingerprint density at radius 2 is 1.06 bits per heavy atom. The zero-order valence-electron chi connectivity index (χ0n) is 45.4. The zero-order valence-corrected chi connectivity index (χ0v) is 47.7. The molecule has 0 fully saturated rings. The maximum Gasteiger partial charge on any atom is 0.135 e. The van der Waals surface area contributed by atoms with Crippen molar-refractivity contribution in [3.8, 4) is 17.3 Å². The molecular weight excluding hydrogens is 1060 g/mol. The van der Waals surface area contributed by atoms with E-state index in [4.69, 9.17) is 9.72 Å². The van der Waals surface area contributed by atoms with Crippen LogP contribution in [-0.4, -0.2) is 9.55 Å². The number of benzene rings is 6. The molecule has 3 heterocycles. The van der Waals surface area contributed by atoms with Crippen LogP contribution in [0.3, 0.4) is 0 Å². The Balaban J connectivity index is 0.00000693. The number of nitrogens with zero attached hydrogens (tertiary/aromatic N) is 4. The first kappa shape index (κ1) is 52.4. The number of para-hydroxylation sites is 1. The molecule has 0 radical (unpaired) electrons. The fourth-order valence-corrected chi connectivity index (χ4v) is 9.97. The molecule has 0 spiro atoms. The molecule has 9 rings (SSSR count). The van der Waals surface area contributed by atoms with Crippen molar-refractivity contribution in [3.63, 3.8) is 0 Å². The van der Waals surface area contributed by atoms with Crippen LogP contribution in [-0.2, 0) is 48.1 Å². The van der Waals surface area contributed by atoms with E-state index in [0.717, 1.165) is 44.9 Å². The molecule has 0 bridgehead atoms. The first-order chi connectivity index (χ1) is 33.2. The Hall–Kier alpha value is -5.90. The summed E-state index contributed by atoms with van der Waals surface area (Å²) in [6, 6.07) is 56.2. The Morgan fingerprint density at radius 1 is 0.500 bits per heavy atom. The monoisotopic (exact) mass is 1130 g/mol. The molecule has 5 nitrogen and oxygen atoms in total. The molecule has 8 aromatic rings. The van der Waals surface area contributed by atoms with E-state index in [1.54, 1.807) is 0 Å². The van der Waals surface area contributed by atoms with Gasteiger partial charge >= 0.3 is 0 Å². The molecule has 0 saturated heterocycles. The molecule has 0 N–H and O–H groups in total. The number of ether oxygens (including phenoxy) is 1. The van der Waals surface area contributed by atoms with Crippen molar-refractivity contribution in [1.82, 2.24) is 9.55 Å². The van der Waals surface area contributed by atoms with Gasteiger partial charge in [-0.15, -0.1) is 53.8 Å². The van der Waals surface area contributed by atoms with Crippen molar-refractivity contribution in [3.05, 3.63) is 209 Å². The van der Waals surface area contributed by atoms with Gasteiger partial charge in [0.1, 0.15) is 5.82 Å². The zero-order chi connectivity index (χ0) is 51.1. The van der Waals surface area contributed by atoms with Crippen LogP contribution in [0, 0.1) is 24.2 Å². The number of hydrogen-bond acceptors (Lipinski definition) is 4. The van der Waals surface area contributed by atoms with E-state index in [0.29, 0.717) is 11.5 Å². The molecule has 0 amide bonds. The van der Waals surface area contributed by atoms with Gasteiger partial charge in [-0.2, -0.15) is 0 Å². The van der Waals surface area contributed by atoms with Crippen LogP contribution >= 0.6 is 0 Å². The molecule has 376 valence electrons. The summed E-state index contributed by atoms with van der Waals surface area (Å²) < 4.78 is 9.39. The van der Waals surface area contributed by atoms with Gasteiger partial charge in [-0.3, -0.25) is 0 Å². The van der Waals surface area contributed by atoms with Gasteiger partial charge in [0, 0.05) is 71.9 Å². The van der Waals surface area contributed by atoms with Gasteiger partial charge in [0.25, 0.3) is 0 Å². The minimum absolute atomic E-state index is 0. The SMILES string of the molecule is CC(C)(C)C1=CN(c2cc(C(C)(C)c3ccccc3)cc(C(C)(C)c3ccccc3)c2)[CH-]N1c1[c-]c(Oc2[c-]c3c(c(C(C)(C)C)c2)c2ccccc2n3-c2cc(C(C)(C)C)ccn2)cc(C(C)(C)C)c1.[Pt]. The third-order valence-electron chi connectivity index (χ3n) is 14.7. The van der Waals surface area contributed by atoms with E-state index in [9.17, 15) is 0 Å². The second kappa shape index (κ2) is 18.9. The topological polar surface area (TPSA) is 33.5 Å². The van der Waals surface area contributed by atoms with Gasteiger partial charge in [0.2, 0.25) is 0 Å². The largest absolute Gasteiger partial charge is 0.509 e. The maximum absolute atomic E-state index is 7.13. The standard InChI is InChI=1S/C66H73N4O.Pt/c1-61(2,3)46-31-32-67-59(38-46)70-56-30-24-23-29-54(56)60-55(63(7,8)9)40-53(41-57(60)70)71-52-37-47(62(4,5)6)34-51(39-52)69-43-68(42-58(69)64(10,11)12)50-35-48(65(13,14)44-25-19-17-20-26-44)33-49(36-50)66(15,16)45-27-21-18-22-28-45;/h17-38,40,42-43H,1-16H3;/q-3;. The minimum Gasteiger partial charge on any atom is -0.509 e. The van der Waals surface area contributed by atoms with Crippen LogP contribution in [0.1, 0.15) is 150 Å². The predicted molar refractivity (Wildman–Crippen MR) is 299 cm³/mol. The molecule has 72 heavy (non-hydrogen) atoms. The summed E-state index contributed by atoms with van der Waals surface area (Å²) in [5.41, 5.74) is 12.6. The van der Waals surface area contributed by atoms with E-state index in [-0.39, 0.29) is 53.6 Å². The summed E-state index contributed by atoms with van der Waals surface area (Å²) >= 11 is 0. The smallest absolute Gasteiger partial charge is 0.135 e. The van der Waals surface area contributed by atoms with Crippen molar-refractivity contribution in [1.29, 1.82) is 0 Å². The Labute approximate surface area is 445 Å². The number of hydrogen-bond donors (Lipinski definition) is 0. The summed E-state index contributed by atoms with van der Waals surface area (Å²) in [5.74, 6) is 2.13. The molecule has 0 saturated carbocycles. The number of pyridine rings is 1. The van der Waals surface area contributed by atoms with E-state index in [2.05, 4.69) is 284 Å². The number of anilines is 2. The van der Waals surface area contributed by atoms with Crippen molar-refractivity contribution < 1.29 is 25.8 Å². The summed E-state index contributed by atoms with van der Waals surface area (Å²) in [7, 11) is 0. The normalized spacial score (nSPS) is 14.0. The molecule has 0 unspecified atom stereocenters. The summed E-state index contributed by atoms with van der Waals surface area (Å²) in [4.78, 5) is 9.62. The summed E-state index contributed by atoms with van der Waals surface area (Å²) in [5, 5.41) is 2.33. The number of rotatable bonds is 9. The molecule has 1 aliphatic heterocycles. The van der Waals surface area contributed by atoms with Crippen molar-refractivity contribution >= 4 is 33.2 Å². The van der Waals surface area contributed by atoms with E-state index in [1.165, 1.54) is 38.8 Å². The van der Waals surface area contributed by atoms with Gasteiger partial charge < -0.3 is 19.1 Å². The fourth-order valence-electron chi connectivity index (χ4n) is 9.97. The Kier molecular flexibility index (Phi) is 13.7. The Bertz CT molecular complexity index is 3230. The van der Waals surface area contributed by atoms with Gasteiger partial charge in [0.15, 0.2) is 0 Å². The summed E-state index contributed by atoms with van der Waals surface area (Å²) in [6.07, 6.45) is 4.24. The van der Waals surface area contributed by atoms with E-state index >= 15 is 0 Å². The molecule has 2 aromatic heterocycles. The maximum atomic E-state index is 7.13. The molecule has 0 atom stereocenters. The van der Waals surface area contributed by atoms with Crippen molar-refractivity contribution in [2.45, 2.75) is 138 Å². The van der Waals surface area contributed by atoms with Gasteiger partial charge in [0.05, 0.1) is 0 Å². The van der Waals surface area contributed by atoms with E-state index < -0.39 is 0 Å². The summed E-state index contributed by atoms with van der Waals surface area (Å²) in [6.45, 7) is 38.8. The van der Waals surface area contributed by atoms with Crippen LogP contribution in [0.4, 0.5) is 11.4 Å². The van der Waals surface area contributed by atoms with Gasteiger partial charge in [-0.05, 0) is 86.0 Å². The van der Waals surface area contributed by atoms with Gasteiger partial charge in [-0.1, -0.05) is 207 Å². The quantitative estimate of drug-likeness (QED) is 0.135. The van der Waals surface area contributed by atoms with Crippen molar-refractivity contribution in [2.24, 2.45) is 5.41 Å². The van der Waals surface area contributed by atoms with Crippen LogP contribution in [0.5, 0.6) is 11.5 Å². The molecule has 1 aliphatic rings. The minimum atomic E-state index is -0.260. The fraction of sp³-hybridized carbons (Fsp3) is 0.333. The van der Waals surface area contributed by atoms with Crippen molar-refractivity contribution in [2.75, 3.05) is 9.80 Å². The second-order valence-corrected chi connectivity index (χ2v) is 24.9. The number of fused-ring (bicyclic) bond motifs is 3. The van der Waals surface area contributed by atoms with Crippen LogP contribution < -0.4 is 14.5 Å². The second-order valence-electron chi connectivity index (χ2n) is 24.9. The van der Waals surface area contributed by atoms with Crippen LogP contribution in [0.2, 0.25) is 0 Å². The van der Waals surface area contributed by atoms with E-state index in [1.807, 2.05) is 6.20 Å². The molecular formula is C66H73N4OPt-3. The first-order valence-corrected chi connectivity index (χ1v) is 25.4. The molecule has 6 aromatic carbocycles. The van der Waals surface area contributed by atoms with Crippen LogP contribution in [0.25, 0.3) is 27.6 Å². The number of aromatic nitrogens is 2. The predicted octanol–water partition coefficient (Wildman–Crippen LogP) is 17.4. The number of allylic oxidation sites excluding steroid dienone is 1. The molecule has 0 aliphatic carbocycles. The Morgan fingerprint density at radius 3 is 1.61 bits per heavy atom. The third-order valence-corrected chi connectivity index (χ3v) is 14.7. The van der Waals surface area contributed by atoms with Crippen LogP contribution in [0.15, 0.2) is 152 Å². The molecule has 6 heteroatoms. The third kappa shape index (κ3) is 10.1.